The maximum atomic E-state index is 9.94. The molecular weight excluding hydrogens is 236 g/mol. The summed E-state index contributed by atoms with van der Waals surface area (Å²) in [5.41, 5.74) is 8.11. The van der Waals surface area contributed by atoms with Crippen molar-refractivity contribution >= 4 is 23.3 Å². The van der Waals surface area contributed by atoms with E-state index in [1.165, 1.54) is 0 Å². The van der Waals surface area contributed by atoms with E-state index in [0.29, 0.717) is 0 Å². The zero-order valence-corrected chi connectivity index (χ0v) is 10.9. The number of aliphatic hydroxyl groups is 1. The topological polar surface area (TPSA) is 62.0 Å². The lowest BCUT2D eigenvalue weighted by molar-refractivity contribution is 0.0980. The molecule has 4 N–H and O–H groups in total. The van der Waals surface area contributed by atoms with Gasteiger partial charge < -0.3 is 15.8 Å². The van der Waals surface area contributed by atoms with Crippen LogP contribution in [0.1, 0.15) is 25.5 Å². The zero-order valence-electron chi connectivity index (χ0n) is 10.1. The predicted molar refractivity (Wildman–Crippen MR) is 73.3 cm³/mol. The van der Waals surface area contributed by atoms with Gasteiger partial charge in [0, 0.05) is 11.7 Å². The molecule has 0 radical (unpaired) electrons. The van der Waals surface area contributed by atoms with Crippen molar-refractivity contribution in [3.63, 3.8) is 0 Å². The molecule has 3 nitrogen and oxygen atoms in total. The summed E-state index contributed by atoms with van der Waals surface area (Å²) < 4.78 is 0. The van der Waals surface area contributed by atoms with E-state index in [-0.39, 0.29) is 24.4 Å². The van der Waals surface area contributed by atoms with Crippen LogP contribution in [0.2, 0.25) is 0 Å². The third kappa shape index (κ3) is 2.80. The van der Waals surface area contributed by atoms with Gasteiger partial charge in [-0.15, -0.1) is 12.4 Å². The Morgan fingerprint density at radius 2 is 1.94 bits per heavy atom. The summed E-state index contributed by atoms with van der Waals surface area (Å²) in [4.78, 5) is 3.13. The molecule has 0 aliphatic rings. The molecule has 0 unspecified atom stereocenters. The van der Waals surface area contributed by atoms with Gasteiger partial charge in [0.2, 0.25) is 0 Å². The van der Waals surface area contributed by atoms with Crippen LogP contribution in [0.5, 0.6) is 0 Å². The molecule has 4 heteroatoms. The number of hydrogen-bond donors (Lipinski definition) is 3. The van der Waals surface area contributed by atoms with Crippen LogP contribution in [-0.2, 0) is 0 Å². The molecule has 1 aromatic carbocycles. The minimum absolute atomic E-state index is 0. The van der Waals surface area contributed by atoms with Crippen molar-refractivity contribution in [2.45, 2.75) is 26.0 Å². The Morgan fingerprint density at radius 3 is 2.59 bits per heavy atom. The number of rotatable bonds is 3. The van der Waals surface area contributed by atoms with Gasteiger partial charge in [-0.3, -0.25) is 0 Å². The summed E-state index contributed by atoms with van der Waals surface area (Å²) in [6.07, 6.45) is 1.40. The molecule has 2 atom stereocenters. The van der Waals surface area contributed by atoms with E-state index >= 15 is 0 Å². The smallest absolute Gasteiger partial charge is 0.0755 e. The highest BCUT2D eigenvalue weighted by Crippen LogP contribution is 2.23. The fourth-order valence-corrected chi connectivity index (χ4v) is 1.89. The number of H-pyrrole nitrogens is 1. The fourth-order valence-electron chi connectivity index (χ4n) is 1.89. The molecule has 0 aliphatic heterocycles. The molecule has 1 aromatic heterocycles. The SMILES string of the molecule is CC(C)[C@H](O)[C@H](N)c1ccc2[nH]ccc2c1.Cl. The second kappa shape index (κ2) is 5.54. The van der Waals surface area contributed by atoms with E-state index in [1.807, 2.05) is 44.3 Å². The van der Waals surface area contributed by atoms with Crippen molar-refractivity contribution in [1.29, 1.82) is 0 Å². The number of fused-ring (bicyclic) bond motifs is 1. The van der Waals surface area contributed by atoms with E-state index in [2.05, 4.69) is 4.98 Å². The summed E-state index contributed by atoms with van der Waals surface area (Å²) in [5, 5.41) is 11.1. The maximum Gasteiger partial charge on any atom is 0.0755 e. The zero-order chi connectivity index (χ0) is 11.7. The van der Waals surface area contributed by atoms with E-state index in [0.717, 1.165) is 16.5 Å². The van der Waals surface area contributed by atoms with Crippen LogP contribution in [-0.4, -0.2) is 16.2 Å². The molecule has 2 rings (SSSR count). The van der Waals surface area contributed by atoms with Gasteiger partial charge in [0.15, 0.2) is 0 Å². The Morgan fingerprint density at radius 1 is 1.24 bits per heavy atom. The number of nitrogens with one attached hydrogen (secondary N) is 1. The first-order chi connectivity index (χ1) is 7.59. The van der Waals surface area contributed by atoms with Gasteiger partial charge in [-0.05, 0) is 35.1 Å². The predicted octanol–water partition coefficient (Wildman–Crippen LogP) is 2.61. The molecule has 0 amide bonds. The van der Waals surface area contributed by atoms with Gasteiger partial charge in [-0.25, -0.2) is 0 Å². The second-order valence-corrected chi connectivity index (χ2v) is 4.58. The van der Waals surface area contributed by atoms with Crippen molar-refractivity contribution in [1.82, 2.24) is 4.98 Å². The molecule has 94 valence electrons. The van der Waals surface area contributed by atoms with Crippen LogP contribution >= 0.6 is 12.4 Å². The Balaban J connectivity index is 0.00000144. The Kier molecular flexibility index (Phi) is 4.57. The molecule has 0 fully saturated rings. The molecule has 0 saturated carbocycles. The lowest BCUT2D eigenvalue weighted by Gasteiger charge is -2.22. The van der Waals surface area contributed by atoms with E-state index < -0.39 is 6.10 Å². The molecule has 0 aliphatic carbocycles. The maximum absolute atomic E-state index is 9.94. The minimum Gasteiger partial charge on any atom is -0.391 e. The molecule has 17 heavy (non-hydrogen) atoms. The monoisotopic (exact) mass is 254 g/mol. The highest BCUT2D eigenvalue weighted by molar-refractivity contribution is 5.85. The molecule has 0 bridgehead atoms. The van der Waals surface area contributed by atoms with Crippen molar-refractivity contribution in [2.24, 2.45) is 11.7 Å². The van der Waals surface area contributed by atoms with Gasteiger partial charge >= 0.3 is 0 Å². The fraction of sp³-hybridized carbons (Fsp3) is 0.385. The summed E-state index contributed by atoms with van der Waals surface area (Å²) in [5.74, 6) is 0.164. The summed E-state index contributed by atoms with van der Waals surface area (Å²) in [7, 11) is 0. The number of aromatic nitrogens is 1. The lowest BCUT2D eigenvalue weighted by Crippen LogP contribution is -2.30. The first-order valence-corrected chi connectivity index (χ1v) is 5.60. The quantitative estimate of drug-likeness (QED) is 0.789. The van der Waals surface area contributed by atoms with Crippen molar-refractivity contribution in [3.05, 3.63) is 36.0 Å². The van der Waals surface area contributed by atoms with Crippen LogP contribution < -0.4 is 5.73 Å². The van der Waals surface area contributed by atoms with E-state index in [4.69, 9.17) is 5.73 Å². The van der Waals surface area contributed by atoms with Crippen LogP contribution in [0, 0.1) is 5.92 Å². The summed E-state index contributed by atoms with van der Waals surface area (Å²) >= 11 is 0. The molecule has 0 spiro atoms. The van der Waals surface area contributed by atoms with Gasteiger partial charge in [0.05, 0.1) is 12.1 Å². The highest BCUT2D eigenvalue weighted by atomic mass is 35.5. The Labute approximate surface area is 107 Å². The van der Waals surface area contributed by atoms with Gasteiger partial charge in [0.1, 0.15) is 0 Å². The third-order valence-corrected chi connectivity index (χ3v) is 3.01. The number of benzene rings is 1. The molecular formula is C13H19ClN2O. The second-order valence-electron chi connectivity index (χ2n) is 4.58. The Hall–Kier alpha value is -1.03. The Bertz CT molecular complexity index is 481. The average Bonchev–Trinajstić information content (AvgIpc) is 2.73. The minimum atomic E-state index is -0.503. The van der Waals surface area contributed by atoms with Crippen LogP contribution in [0.4, 0.5) is 0 Å². The summed E-state index contributed by atoms with van der Waals surface area (Å²) in [6.45, 7) is 3.94. The number of nitrogens with two attached hydrogens (primary N) is 1. The first kappa shape index (κ1) is 14.0. The van der Waals surface area contributed by atoms with Gasteiger partial charge in [-0.2, -0.15) is 0 Å². The largest absolute Gasteiger partial charge is 0.391 e. The highest BCUT2D eigenvalue weighted by Gasteiger charge is 2.20. The number of halogens is 1. The number of hydrogen-bond acceptors (Lipinski definition) is 2. The number of aliphatic hydroxyl groups excluding tert-OH is 1. The first-order valence-electron chi connectivity index (χ1n) is 5.60. The summed E-state index contributed by atoms with van der Waals surface area (Å²) in [6, 6.07) is 7.68. The standard InChI is InChI=1S/C13H18N2O.ClH/c1-8(2)13(16)12(14)10-3-4-11-9(7-10)5-6-15-11;/h3-8,12-13,15-16H,14H2,1-2H3;1H/t12-,13+;/m1./s1. The normalized spacial score (nSPS) is 14.6. The molecule has 1 heterocycles. The van der Waals surface area contributed by atoms with Crippen LogP contribution in [0.25, 0.3) is 10.9 Å². The number of aromatic amines is 1. The van der Waals surface area contributed by atoms with E-state index in [9.17, 15) is 5.11 Å². The molecule has 2 aromatic rings. The van der Waals surface area contributed by atoms with E-state index in [1.54, 1.807) is 0 Å². The van der Waals surface area contributed by atoms with Gasteiger partial charge in [-0.1, -0.05) is 19.9 Å². The van der Waals surface area contributed by atoms with Crippen LogP contribution in [0.15, 0.2) is 30.5 Å². The van der Waals surface area contributed by atoms with Crippen molar-refractivity contribution in [2.75, 3.05) is 0 Å². The van der Waals surface area contributed by atoms with Crippen molar-refractivity contribution < 1.29 is 5.11 Å². The van der Waals surface area contributed by atoms with Crippen LogP contribution in [0.3, 0.4) is 0 Å². The van der Waals surface area contributed by atoms with Gasteiger partial charge in [0.25, 0.3) is 0 Å². The lowest BCUT2D eigenvalue weighted by atomic mass is 9.94. The average molecular weight is 255 g/mol. The third-order valence-electron chi connectivity index (χ3n) is 3.01. The van der Waals surface area contributed by atoms with Crippen molar-refractivity contribution in [3.8, 4) is 0 Å². The molecule has 0 saturated heterocycles.